The summed E-state index contributed by atoms with van der Waals surface area (Å²) in [6, 6.07) is 7.19. The minimum Gasteiger partial charge on any atom is -0.508 e. The number of phenolic OH excluding ortho intramolecular Hbond substituents is 1. The first-order valence-corrected chi connectivity index (χ1v) is 5.26. The van der Waals surface area contributed by atoms with Crippen LogP contribution in [0, 0.1) is 6.92 Å². The lowest BCUT2D eigenvalue weighted by molar-refractivity contribution is 0.102. The van der Waals surface area contributed by atoms with Gasteiger partial charge in [0.2, 0.25) is 0 Å². The molecule has 0 radical (unpaired) electrons. The molecule has 0 atom stereocenters. The molecule has 0 saturated carbocycles. The lowest BCUT2D eigenvalue weighted by Crippen LogP contribution is -2.13. The highest BCUT2D eigenvalue weighted by molar-refractivity contribution is 6.04. The van der Waals surface area contributed by atoms with Crippen LogP contribution in [0.25, 0.3) is 0 Å². The van der Waals surface area contributed by atoms with Gasteiger partial charge in [-0.2, -0.15) is 0 Å². The number of carbonyl (C=O) groups is 1. The van der Waals surface area contributed by atoms with Crippen LogP contribution in [0.4, 0.5) is 5.69 Å². The zero-order chi connectivity index (χ0) is 13.1. The molecule has 1 heterocycles. The highest BCUT2D eigenvalue weighted by atomic mass is 16.4. The molecular weight excluding hydrogens is 234 g/mol. The van der Waals surface area contributed by atoms with Crippen molar-refractivity contribution in [2.75, 3.05) is 5.32 Å². The fraction of sp³-hybridized carbons (Fsp3) is 0.0769. The number of nitrogens with one attached hydrogen (secondary N) is 1. The minimum absolute atomic E-state index is 0.135. The molecule has 1 amide bonds. The Labute approximate surface area is 103 Å². The first kappa shape index (κ1) is 11.9. The topological polar surface area (TPSA) is 79.5 Å². The third-order valence-corrected chi connectivity index (χ3v) is 2.42. The number of hydrogen-bond acceptors (Lipinski definition) is 4. The van der Waals surface area contributed by atoms with Crippen molar-refractivity contribution in [1.29, 1.82) is 0 Å². The molecule has 0 aliphatic rings. The lowest BCUT2D eigenvalue weighted by atomic mass is 10.2. The third kappa shape index (κ3) is 2.57. The van der Waals surface area contributed by atoms with Crippen molar-refractivity contribution in [3.05, 3.63) is 58.1 Å². The van der Waals surface area contributed by atoms with Gasteiger partial charge in [0.25, 0.3) is 5.91 Å². The fourth-order valence-corrected chi connectivity index (χ4v) is 1.47. The van der Waals surface area contributed by atoms with E-state index >= 15 is 0 Å². The summed E-state index contributed by atoms with van der Waals surface area (Å²) in [6.45, 7) is 1.76. The SMILES string of the molecule is Cc1cc(O)ccc1NC(=O)c1ccc(=O)oc1. The third-order valence-electron chi connectivity index (χ3n) is 2.42. The van der Waals surface area contributed by atoms with Crippen molar-refractivity contribution >= 4 is 11.6 Å². The molecule has 1 aromatic carbocycles. The zero-order valence-electron chi connectivity index (χ0n) is 9.64. The quantitative estimate of drug-likeness (QED) is 0.792. The van der Waals surface area contributed by atoms with Crippen LogP contribution in [-0.2, 0) is 0 Å². The van der Waals surface area contributed by atoms with Gasteiger partial charge in [-0.05, 0) is 36.8 Å². The average molecular weight is 245 g/mol. The number of phenols is 1. The van der Waals surface area contributed by atoms with Gasteiger partial charge in [-0.1, -0.05) is 0 Å². The maximum Gasteiger partial charge on any atom is 0.335 e. The molecule has 0 unspecified atom stereocenters. The van der Waals surface area contributed by atoms with Gasteiger partial charge in [0.1, 0.15) is 12.0 Å². The first-order chi connectivity index (χ1) is 8.56. The van der Waals surface area contributed by atoms with E-state index in [1.165, 1.54) is 18.2 Å². The normalized spacial score (nSPS) is 10.1. The molecule has 5 nitrogen and oxygen atoms in total. The average Bonchev–Trinajstić information content (AvgIpc) is 2.33. The zero-order valence-corrected chi connectivity index (χ0v) is 9.64. The molecule has 18 heavy (non-hydrogen) atoms. The van der Waals surface area contributed by atoms with Crippen LogP contribution in [0.3, 0.4) is 0 Å². The molecule has 0 aliphatic carbocycles. The first-order valence-electron chi connectivity index (χ1n) is 5.26. The van der Waals surface area contributed by atoms with Crippen LogP contribution in [0.5, 0.6) is 5.75 Å². The summed E-state index contributed by atoms with van der Waals surface area (Å²) in [4.78, 5) is 22.6. The van der Waals surface area contributed by atoms with E-state index < -0.39 is 5.63 Å². The van der Waals surface area contributed by atoms with Crippen molar-refractivity contribution < 1.29 is 14.3 Å². The summed E-state index contributed by atoms with van der Waals surface area (Å²) < 4.78 is 4.61. The summed E-state index contributed by atoms with van der Waals surface area (Å²) in [6.07, 6.45) is 1.10. The molecule has 0 saturated heterocycles. The van der Waals surface area contributed by atoms with Crippen molar-refractivity contribution in [2.24, 2.45) is 0 Å². The van der Waals surface area contributed by atoms with E-state index in [9.17, 15) is 14.7 Å². The Hall–Kier alpha value is -2.56. The van der Waals surface area contributed by atoms with E-state index in [0.29, 0.717) is 5.69 Å². The second kappa shape index (κ2) is 4.75. The number of aromatic hydroxyl groups is 1. The van der Waals surface area contributed by atoms with Crippen molar-refractivity contribution in [2.45, 2.75) is 6.92 Å². The number of rotatable bonds is 2. The maximum atomic E-state index is 11.8. The van der Waals surface area contributed by atoms with Crippen LogP contribution >= 0.6 is 0 Å². The van der Waals surface area contributed by atoms with E-state index in [0.717, 1.165) is 11.8 Å². The van der Waals surface area contributed by atoms with Crippen molar-refractivity contribution in [3.8, 4) is 5.75 Å². The van der Waals surface area contributed by atoms with E-state index in [-0.39, 0.29) is 17.2 Å². The molecule has 2 aromatic rings. The Morgan fingerprint density at radius 1 is 1.28 bits per heavy atom. The smallest absolute Gasteiger partial charge is 0.335 e. The van der Waals surface area contributed by atoms with E-state index in [1.807, 2.05) is 0 Å². The van der Waals surface area contributed by atoms with Gasteiger partial charge >= 0.3 is 5.63 Å². The molecule has 0 bridgehead atoms. The van der Waals surface area contributed by atoms with E-state index in [1.54, 1.807) is 19.1 Å². The Kier molecular flexibility index (Phi) is 3.14. The highest BCUT2D eigenvalue weighted by Gasteiger charge is 2.08. The number of aryl methyl sites for hydroxylation is 1. The lowest BCUT2D eigenvalue weighted by Gasteiger charge is -2.08. The van der Waals surface area contributed by atoms with Crippen LogP contribution in [0.15, 0.2) is 45.8 Å². The van der Waals surface area contributed by atoms with Gasteiger partial charge in [-0.3, -0.25) is 4.79 Å². The second-order valence-corrected chi connectivity index (χ2v) is 3.80. The second-order valence-electron chi connectivity index (χ2n) is 3.80. The monoisotopic (exact) mass is 245 g/mol. The standard InChI is InChI=1S/C13H11NO4/c1-8-6-10(15)3-4-11(8)14-13(17)9-2-5-12(16)18-7-9/h2-7,15H,1H3,(H,14,17). The molecule has 0 fully saturated rings. The molecule has 2 rings (SSSR count). The Balaban J connectivity index is 2.21. The summed E-state index contributed by atoms with van der Waals surface area (Å²) in [5.41, 5.74) is 1.07. The van der Waals surface area contributed by atoms with Gasteiger partial charge in [0, 0.05) is 11.8 Å². The van der Waals surface area contributed by atoms with Gasteiger partial charge < -0.3 is 14.8 Å². The molecule has 5 heteroatoms. The van der Waals surface area contributed by atoms with Gasteiger partial charge in [0.15, 0.2) is 0 Å². The number of anilines is 1. The maximum absolute atomic E-state index is 11.8. The number of benzene rings is 1. The Morgan fingerprint density at radius 2 is 2.06 bits per heavy atom. The Morgan fingerprint density at radius 3 is 2.67 bits per heavy atom. The predicted molar refractivity (Wildman–Crippen MR) is 65.8 cm³/mol. The molecule has 1 aromatic heterocycles. The number of amides is 1. The number of hydrogen-bond donors (Lipinski definition) is 2. The van der Waals surface area contributed by atoms with Crippen LogP contribution in [0.1, 0.15) is 15.9 Å². The molecule has 2 N–H and O–H groups in total. The van der Waals surface area contributed by atoms with Gasteiger partial charge in [-0.15, -0.1) is 0 Å². The molecule has 0 spiro atoms. The summed E-state index contributed by atoms with van der Waals surface area (Å²) in [5, 5.41) is 11.9. The minimum atomic E-state index is -0.507. The van der Waals surface area contributed by atoms with Crippen LogP contribution < -0.4 is 10.9 Å². The van der Waals surface area contributed by atoms with Crippen LogP contribution in [0.2, 0.25) is 0 Å². The summed E-state index contributed by atoms with van der Waals surface area (Å²) >= 11 is 0. The van der Waals surface area contributed by atoms with Crippen molar-refractivity contribution in [1.82, 2.24) is 0 Å². The summed E-state index contributed by atoms with van der Waals surface area (Å²) in [5.74, 6) is -0.247. The fourth-order valence-electron chi connectivity index (χ4n) is 1.47. The van der Waals surface area contributed by atoms with Gasteiger partial charge in [-0.25, -0.2) is 4.79 Å². The highest BCUT2D eigenvalue weighted by Crippen LogP contribution is 2.20. The number of carbonyl (C=O) groups excluding carboxylic acids is 1. The van der Waals surface area contributed by atoms with E-state index in [4.69, 9.17) is 0 Å². The molecular formula is C13H11NO4. The Bertz CT molecular complexity index is 625. The summed E-state index contributed by atoms with van der Waals surface area (Å²) in [7, 11) is 0. The van der Waals surface area contributed by atoms with Gasteiger partial charge in [0.05, 0.1) is 5.56 Å². The largest absolute Gasteiger partial charge is 0.508 e. The molecule has 92 valence electrons. The van der Waals surface area contributed by atoms with Crippen molar-refractivity contribution in [3.63, 3.8) is 0 Å². The van der Waals surface area contributed by atoms with E-state index in [2.05, 4.69) is 9.73 Å². The predicted octanol–water partition coefficient (Wildman–Crippen LogP) is 1.91. The van der Waals surface area contributed by atoms with Crippen LogP contribution in [-0.4, -0.2) is 11.0 Å². The molecule has 0 aliphatic heterocycles.